The molecule has 2 aromatic carbocycles. The Morgan fingerprint density at radius 2 is 1.87 bits per heavy atom. The summed E-state index contributed by atoms with van der Waals surface area (Å²) in [7, 11) is 0. The highest BCUT2D eigenvalue weighted by molar-refractivity contribution is 7.99. The summed E-state index contributed by atoms with van der Waals surface area (Å²) in [6, 6.07) is 15.6. The van der Waals surface area contributed by atoms with Crippen molar-refractivity contribution in [1.29, 1.82) is 0 Å². The molecule has 1 amide bonds. The molecule has 1 saturated heterocycles. The van der Waals surface area contributed by atoms with Gasteiger partial charge in [-0.25, -0.2) is 0 Å². The number of nitrogens with zero attached hydrogens (tertiary/aromatic N) is 5. The van der Waals surface area contributed by atoms with Gasteiger partial charge in [0, 0.05) is 42.3 Å². The Labute approximate surface area is 196 Å². The maximum atomic E-state index is 12.8. The highest BCUT2D eigenvalue weighted by Crippen LogP contribution is 2.28. The zero-order valence-corrected chi connectivity index (χ0v) is 19.4. The highest BCUT2D eigenvalue weighted by Gasteiger charge is 2.26. The molecule has 9 heteroatoms. The van der Waals surface area contributed by atoms with E-state index in [4.69, 9.17) is 23.2 Å². The van der Waals surface area contributed by atoms with Gasteiger partial charge in [0.15, 0.2) is 5.16 Å². The van der Waals surface area contributed by atoms with Gasteiger partial charge < -0.3 is 4.90 Å². The fraction of sp³-hybridized carbons (Fsp3) is 0.318. The Kier molecular flexibility index (Phi) is 7.17. The second kappa shape index (κ2) is 10.0. The van der Waals surface area contributed by atoms with Crippen molar-refractivity contribution in [2.75, 3.05) is 31.9 Å². The molecule has 0 bridgehead atoms. The van der Waals surface area contributed by atoms with Gasteiger partial charge in [-0.1, -0.05) is 59.2 Å². The third kappa shape index (κ3) is 5.23. The largest absolute Gasteiger partial charge is 0.339 e. The van der Waals surface area contributed by atoms with Crippen LogP contribution < -0.4 is 0 Å². The lowest BCUT2D eigenvalue weighted by molar-refractivity contribution is -0.130. The number of piperazine rings is 1. The second-order valence-corrected chi connectivity index (χ2v) is 9.15. The van der Waals surface area contributed by atoms with Crippen molar-refractivity contribution in [2.24, 2.45) is 0 Å². The number of aromatic nitrogens is 3. The lowest BCUT2D eigenvalue weighted by atomic mass is 10.1. The van der Waals surface area contributed by atoms with Crippen molar-refractivity contribution in [3.63, 3.8) is 0 Å². The molecule has 162 valence electrons. The van der Waals surface area contributed by atoms with Gasteiger partial charge in [0.25, 0.3) is 0 Å². The van der Waals surface area contributed by atoms with Gasteiger partial charge in [0.2, 0.25) is 5.91 Å². The molecule has 1 unspecified atom stereocenters. The lowest BCUT2D eigenvalue weighted by Gasteiger charge is -2.38. The third-order valence-corrected chi connectivity index (χ3v) is 7.00. The van der Waals surface area contributed by atoms with Gasteiger partial charge in [0.05, 0.1) is 11.4 Å². The second-order valence-electron chi connectivity index (χ2n) is 7.37. The standard InChI is InChI=1S/C22H23Cl2N5OS/c1-16(19-7-2-3-8-20(19)24)27-9-11-28(12-10-27)21(30)14-31-22-26-25-15-29(22)18-6-4-5-17(23)13-18/h2-8,13,15-16H,9-12,14H2,1H3. The molecule has 0 radical (unpaired) electrons. The number of carbonyl (C=O) groups excluding carboxylic acids is 1. The number of rotatable bonds is 6. The fourth-order valence-corrected chi connectivity index (χ4v) is 5.02. The highest BCUT2D eigenvalue weighted by atomic mass is 35.5. The van der Waals surface area contributed by atoms with Crippen molar-refractivity contribution in [2.45, 2.75) is 18.1 Å². The van der Waals surface area contributed by atoms with Crippen molar-refractivity contribution in [3.05, 3.63) is 70.5 Å². The first kappa shape index (κ1) is 22.1. The maximum absolute atomic E-state index is 12.8. The van der Waals surface area contributed by atoms with Crippen molar-refractivity contribution < 1.29 is 4.79 Å². The van der Waals surface area contributed by atoms with E-state index in [1.807, 2.05) is 51.9 Å². The van der Waals surface area contributed by atoms with Crippen molar-refractivity contribution in [1.82, 2.24) is 24.6 Å². The molecule has 0 saturated carbocycles. The summed E-state index contributed by atoms with van der Waals surface area (Å²) < 4.78 is 1.84. The van der Waals surface area contributed by atoms with Crippen LogP contribution in [0.3, 0.4) is 0 Å². The van der Waals surface area contributed by atoms with Gasteiger partial charge in [-0.2, -0.15) is 0 Å². The van der Waals surface area contributed by atoms with E-state index in [-0.39, 0.29) is 11.9 Å². The van der Waals surface area contributed by atoms with E-state index in [0.717, 1.165) is 29.4 Å². The summed E-state index contributed by atoms with van der Waals surface area (Å²) in [4.78, 5) is 17.1. The topological polar surface area (TPSA) is 54.3 Å². The van der Waals surface area contributed by atoms with E-state index in [0.29, 0.717) is 29.0 Å². The zero-order valence-electron chi connectivity index (χ0n) is 17.1. The number of amides is 1. The first-order chi connectivity index (χ1) is 15.0. The van der Waals surface area contributed by atoms with E-state index in [1.165, 1.54) is 11.8 Å². The molecule has 2 heterocycles. The Balaban J connectivity index is 1.31. The van der Waals surface area contributed by atoms with E-state index in [1.54, 1.807) is 6.33 Å². The summed E-state index contributed by atoms with van der Waals surface area (Å²) in [6.45, 7) is 5.21. The molecule has 31 heavy (non-hydrogen) atoms. The Morgan fingerprint density at radius 1 is 1.10 bits per heavy atom. The monoisotopic (exact) mass is 475 g/mol. The average molecular weight is 476 g/mol. The van der Waals surface area contributed by atoms with Gasteiger partial charge in [-0.3, -0.25) is 14.3 Å². The number of thioether (sulfide) groups is 1. The molecular weight excluding hydrogens is 453 g/mol. The van der Waals surface area contributed by atoms with Crippen LogP contribution in [0.4, 0.5) is 0 Å². The summed E-state index contributed by atoms with van der Waals surface area (Å²) in [6.07, 6.45) is 1.63. The predicted molar refractivity (Wildman–Crippen MR) is 125 cm³/mol. The number of halogens is 2. The van der Waals surface area contributed by atoms with Crippen LogP contribution in [0.5, 0.6) is 0 Å². The third-order valence-electron chi connectivity index (χ3n) is 5.50. The summed E-state index contributed by atoms with van der Waals surface area (Å²) in [5.41, 5.74) is 1.99. The van der Waals surface area contributed by atoms with Gasteiger partial charge in [-0.05, 0) is 36.8 Å². The van der Waals surface area contributed by atoms with Crippen LogP contribution in [0, 0.1) is 0 Å². The van der Waals surface area contributed by atoms with Crippen LogP contribution in [-0.2, 0) is 4.79 Å². The minimum Gasteiger partial charge on any atom is -0.339 e. The number of benzene rings is 2. The maximum Gasteiger partial charge on any atom is 0.233 e. The molecule has 6 nitrogen and oxygen atoms in total. The zero-order chi connectivity index (χ0) is 21.8. The number of hydrogen-bond donors (Lipinski definition) is 0. The molecule has 1 fully saturated rings. The summed E-state index contributed by atoms with van der Waals surface area (Å²) >= 11 is 13.8. The van der Waals surface area contributed by atoms with Crippen molar-refractivity contribution in [3.8, 4) is 5.69 Å². The molecular formula is C22H23Cl2N5OS. The molecule has 4 rings (SSSR count). The average Bonchev–Trinajstić information content (AvgIpc) is 3.26. The van der Waals surface area contributed by atoms with Crippen LogP contribution in [0.1, 0.15) is 18.5 Å². The first-order valence-corrected chi connectivity index (χ1v) is 11.8. The van der Waals surface area contributed by atoms with E-state index >= 15 is 0 Å². The molecule has 0 aliphatic carbocycles. The van der Waals surface area contributed by atoms with Crippen molar-refractivity contribution >= 4 is 40.9 Å². The summed E-state index contributed by atoms with van der Waals surface area (Å²) in [5.74, 6) is 0.426. The first-order valence-electron chi connectivity index (χ1n) is 10.1. The molecule has 1 atom stereocenters. The SMILES string of the molecule is CC(c1ccccc1Cl)N1CCN(C(=O)CSc2nncn2-c2cccc(Cl)c2)CC1. The quantitative estimate of drug-likeness (QED) is 0.488. The van der Waals surface area contributed by atoms with Gasteiger partial charge in [-0.15, -0.1) is 10.2 Å². The minimum atomic E-state index is 0.107. The number of hydrogen-bond acceptors (Lipinski definition) is 5. The Bertz CT molecular complexity index is 1050. The van der Waals surface area contributed by atoms with Gasteiger partial charge >= 0.3 is 0 Å². The normalized spacial score (nSPS) is 15.8. The Morgan fingerprint density at radius 3 is 2.61 bits per heavy atom. The molecule has 0 spiro atoms. The number of carbonyl (C=O) groups is 1. The summed E-state index contributed by atoms with van der Waals surface area (Å²) in [5, 5.41) is 10.2. The minimum absolute atomic E-state index is 0.107. The van der Waals surface area contributed by atoms with Crippen LogP contribution >= 0.6 is 35.0 Å². The van der Waals surface area contributed by atoms with E-state index in [2.05, 4.69) is 28.1 Å². The van der Waals surface area contributed by atoms with Crippen LogP contribution in [0.15, 0.2) is 60.0 Å². The lowest BCUT2D eigenvalue weighted by Crippen LogP contribution is -2.49. The molecule has 3 aromatic rings. The van der Waals surface area contributed by atoms with E-state index in [9.17, 15) is 4.79 Å². The van der Waals surface area contributed by atoms with Gasteiger partial charge in [0.1, 0.15) is 6.33 Å². The molecule has 0 N–H and O–H groups in total. The Hall–Kier alpha value is -2.06. The molecule has 1 aliphatic heterocycles. The smallest absolute Gasteiger partial charge is 0.233 e. The van der Waals surface area contributed by atoms with E-state index < -0.39 is 0 Å². The van der Waals surface area contributed by atoms with Crippen LogP contribution in [0.25, 0.3) is 5.69 Å². The fourth-order valence-electron chi connectivity index (χ4n) is 3.71. The predicted octanol–water partition coefficient (Wildman–Crippen LogP) is 4.57. The molecule has 1 aliphatic rings. The molecule has 1 aromatic heterocycles. The van der Waals surface area contributed by atoms with Crippen LogP contribution in [0.2, 0.25) is 10.0 Å². The van der Waals surface area contributed by atoms with Crippen LogP contribution in [-0.4, -0.2) is 62.4 Å².